The first-order valence-electron chi connectivity index (χ1n) is 7.41. The lowest BCUT2D eigenvalue weighted by atomic mass is 9.86. The number of hydrogen-bond acceptors (Lipinski definition) is 3. The number of carbonyl (C=O) groups excluding carboxylic acids is 1. The number of benzene rings is 1. The zero-order valence-corrected chi connectivity index (χ0v) is 11.5. The van der Waals surface area contributed by atoms with Gasteiger partial charge < -0.3 is 15.2 Å². The largest absolute Gasteiger partial charge is 0.492 e. The summed E-state index contributed by atoms with van der Waals surface area (Å²) in [6.45, 7) is 0.710. The molecule has 20 heavy (non-hydrogen) atoms. The molecule has 2 N–H and O–H groups in total. The van der Waals surface area contributed by atoms with Gasteiger partial charge in [-0.1, -0.05) is 18.2 Å². The van der Waals surface area contributed by atoms with Crippen molar-refractivity contribution in [3.8, 4) is 5.75 Å². The van der Waals surface area contributed by atoms with Crippen LogP contribution in [0, 0.1) is 5.92 Å². The van der Waals surface area contributed by atoms with Crippen molar-refractivity contribution in [2.75, 3.05) is 13.2 Å². The van der Waals surface area contributed by atoms with Crippen LogP contribution in [0.3, 0.4) is 0 Å². The van der Waals surface area contributed by atoms with Crippen LogP contribution in [-0.4, -0.2) is 30.3 Å². The van der Waals surface area contributed by atoms with E-state index >= 15 is 0 Å². The molecule has 0 radical (unpaired) electrons. The Bertz CT molecular complexity index is 480. The number of nitrogens with one attached hydrogen (secondary N) is 1. The van der Waals surface area contributed by atoms with Crippen molar-refractivity contribution in [1.29, 1.82) is 0 Å². The zero-order chi connectivity index (χ0) is 13.9. The summed E-state index contributed by atoms with van der Waals surface area (Å²) < 4.78 is 5.56. The summed E-state index contributed by atoms with van der Waals surface area (Å²) in [4.78, 5) is 12.4. The maximum absolute atomic E-state index is 12.4. The molecule has 1 aliphatic carbocycles. The van der Waals surface area contributed by atoms with Crippen LogP contribution >= 0.6 is 0 Å². The van der Waals surface area contributed by atoms with Crippen molar-refractivity contribution in [3.63, 3.8) is 0 Å². The van der Waals surface area contributed by atoms with Crippen LogP contribution in [0.1, 0.15) is 37.2 Å². The third-order valence-electron chi connectivity index (χ3n) is 4.47. The van der Waals surface area contributed by atoms with Crippen molar-refractivity contribution >= 4 is 5.91 Å². The fourth-order valence-electron chi connectivity index (χ4n) is 3.17. The van der Waals surface area contributed by atoms with E-state index in [0.29, 0.717) is 12.5 Å². The van der Waals surface area contributed by atoms with Crippen LogP contribution in [-0.2, 0) is 4.79 Å². The highest BCUT2D eigenvalue weighted by atomic mass is 16.5. The van der Waals surface area contributed by atoms with Crippen LogP contribution in [0.4, 0.5) is 0 Å². The number of fused-ring (bicyclic) bond motifs is 1. The van der Waals surface area contributed by atoms with Crippen LogP contribution in [0.5, 0.6) is 5.75 Å². The third kappa shape index (κ3) is 2.66. The van der Waals surface area contributed by atoms with Crippen LogP contribution in [0.25, 0.3) is 0 Å². The number of amides is 1. The monoisotopic (exact) mass is 275 g/mol. The molecule has 1 heterocycles. The summed E-state index contributed by atoms with van der Waals surface area (Å²) >= 11 is 0. The molecule has 2 aliphatic rings. The van der Waals surface area contributed by atoms with Gasteiger partial charge in [-0.2, -0.15) is 0 Å². The Morgan fingerprint density at radius 1 is 1.25 bits per heavy atom. The van der Waals surface area contributed by atoms with Gasteiger partial charge in [-0.25, -0.2) is 0 Å². The van der Waals surface area contributed by atoms with Gasteiger partial charge in [0.05, 0.1) is 0 Å². The van der Waals surface area contributed by atoms with Gasteiger partial charge in [0.25, 0.3) is 0 Å². The smallest absolute Gasteiger partial charge is 0.231 e. The van der Waals surface area contributed by atoms with E-state index in [1.165, 1.54) is 0 Å². The number of rotatable bonds is 3. The second kappa shape index (κ2) is 5.83. The molecule has 3 rings (SSSR count). The van der Waals surface area contributed by atoms with Gasteiger partial charge in [0.1, 0.15) is 18.3 Å². The molecule has 1 fully saturated rings. The first kappa shape index (κ1) is 13.4. The molecule has 0 bridgehead atoms. The Labute approximate surface area is 119 Å². The average molecular weight is 275 g/mol. The lowest BCUT2D eigenvalue weighted by Gasteiger charge is -2.28. The van der Waals surface area contributed by atoms with Gasteiger partial charge in [0.15, 0.2) is 0 Å². The quantitative estimate of drug-likeness (QED) is 0.885. The molecule has 0 aromatic heterocycles. The van der Waals surface area contributed by atoms with E-state index in [0.717, 1.165) is 37.0 Å². The number of hydrogen-bond donors (Lipinski definition) is 2. The number of aliphatic hydroxyl groups is 1. The molecule has 1 aliphatic heterocycles. The summed E-state index contributed by atoms with van der Waals surface area (Å²) in [5.74, 6) is 1.14. The highest BCUT2D eigenvalue weighted by molar-refractivity contribution is 5.85. The van der Waals surface area contributed by atoms with Crippen molar-refractivity contribution in [2.24, 2.45) is 5.92 Å². The summed E-state index contributed by atoms with van der Waals surface area (Å²) in [5, 5.41) is 12.3. The number of aliphatic hydroxyl groups excluding tert-OH is 1. The second-order valence-electron chi connectivity index (χ2n) is 5.81. The minimum absolute atomic E-state index is 0.0717. The van der Waals surface area contributed by atoms with Gasteiger partial charge in [-0.05, 0) is 37.7 Å². The molecular formula is C16H21NO3. The highest BCUT2D eigenvalue weighted by Gasteiger charge is 2.32. The molecule has 1 amide bonds. The molecule has 0 saturated heterocycles. The fraction of sp³-hybridized carbons (Fsp3) is 0.562. The summed E-state index contributed by atoms with van der Waals surface area (Å²) in [6, 6.07) is 8.00. The van der Waals surface area contributed by atoms with Gasteiger partial charge in [0.2, 0.25) is 5.91 Å². The molecule has 1 saturated carbocycles. The Kier molecular flexibility index (Phi) is 3.92. The molecule has 1 aromatic carbocycles. The predicted octanol–water partition coefficient (Wildman–Crippen LogP) is 1.83. The van der Waals surface area contributed by atoms with Crippen LogP contribution < -0.4 is 10.1 Å². The van der Waals surface area contributed by atoms with Crippen molar-refractivity contribution in [1.82, 2.24) is 5.32 Å². The van der Waals surface area contributed by atoms with E-state index in [2.05, 4.69) is 5.32 Å². The molecule has 1 unspecified atom stereocenters. The normalized spacial score (nSPS) is 28.6. The molecule has 1 aromatic rings. The van der Waals surface area contributed by atoms with Crippen LogP contribution in [0.2, 0.25) is 0 Å². The maximum atomic E-state index is 12.4. The second-order valence-corrected chi connectivity index (χ2v) is 5.81. The van der Waals surface area contributed by atoms with E-state index < -0.39 is 0 Å². The zero-order valence-electron chi connectivity index (χ0n) is 11.5. The molecule has 0 spiro atoms. The van der Waals surface area contributed by atoms with Crippen molar-refractivity contribution in [3.05, 3.63) is 29.8 Å². The first-order valence-corrected chi connectivity index (χ1v) is 7.41. The lowest BCUT2D eigenvalue weighted by molar-refractivity contribution is -0.123. The Balaban J connectivity index is 1.58. The van der Waals surface area contributed by atoms with Gasteiger partial charge >= 0.3 is 0 Å². The molecule has 1 atom stereocenters. The van der Waals surface area contributed by atoms with E-state index in [1.807, 2.05) is 24.3 Å². The standard InChI is InChI=1S/C16H21NO3/c18-9-11-5-7-12(8-6-11)17-16(19)14-10-20-15-4-2-1-3-13(14)15/h1-4,11-12,14,18H,5-10H2,(H,17,19). The summed E-state index contributed by atoms with van der Waals surface area (Å²) in [7, 11) is 0. The van der Waals surface area contributed by atoms with E-state index in [4.69, 9.17) is 9.84 Å². The molecular weight excluding hydrogens is 254 g/mol. The third-order valence-corrected chi connectivity index (χ3v) is 4.47. The Morgan fingerprint density at radius 3 is 2.75 bits per heavy atom. The average Bonchev–Trinajstić information content (AvgIpc) is 2.92. The van der Waals surface area contributed by atoms with E-state index in [9.17, 15) is 4.79 Å². The Hall–Kier alpha value is -1.55. The minimum Gasteiger partial charge on any atom is -0.492 e. The SMILES string of the molecule is O=C(NC1CCC(CO)CC1)C1COc2ccccc21. The van der Waals surface area contributed by atoms with Gasteiger partial charge in [0, 0.05) is 18.2 Å². The Morgan fingerprint density at radius 2 is 2.00 bits per heavy atom. The molecule has 4 nitrogen and oxygen atoms in total. The van der Waals surface area contributed by atoms with Crippen molar-refractivity contribution < 1.29 is 14.6 Å². The maximum Gasteiger partial charge on any atom is 0.231 e. The van der Waals surface area contributed by atoms with Gasteiger partial charge in [-0.3, -0.25) is 4.79 Å². The van der Waals surface area contributed by atoms with E-state index in [1.54, 1.807) is 0 Å². The number of carbonyl (C=O) groups is 1. The summed E-state index contributed by atoms with van der Waals surface area (Å²) in [5.41, 5.74) is 0.994. The highest BCUT2D eigenvalue weighted by Crippen LogP contribution is 2.34. The predicted molar refractivity (Wildman–Crippen MR) is 75.7 cm³/mol. The molecule has 108 valence electrons. The minimum atomic E-state index is -0.179. The topological polar surface area (TPSA) is 58.6 Å². The van der Waals surface area contributed by atoms with Crippen molar-refractivity contribution in [2.45, 2.75) is 37.6 Å². The first-order chi connectivity index (χ1) is 9.78. The number of para-hydroxylation sites is 1. The lowest BCUT2D eigenvalue weighted by Crippen LogP contribution is -2.40. The van der Waals surface area contributed by atoms with Gasteiger partial charge in [-0.15, -0.1) is 0 Å². The van der Waals surface area contributed by atoms with E-state index in [-0.39, 0.29) is 24.5 Å². The van der Waals surface area contributed by atoms with Crippen LogP contribution in [0.15, 0.2) is 24.3 Å². The summed E-state index contributed by atoms with van der Waals surface area (Å²) in [6.07, 6.45) is 3.93. The fourth-order valence-corrected chi connectivity index (χ4v) is 3.17. The molecule has 4 heteroatoms. The number of ether oxygens (including phenoxy) is 1.